The third-order valence-electron chi connectivity index (χ3n) is 4.85. The van der Waals surface area contributed by atoms with Crippen LogP contribution in [0.4, 0.5) is 0 Å². The molecule has 0 radical (unpaired) electrons. The fraction of sp³-hybridized carbons (Fsp3) is 0.500. The molecule has 1 aliphatic heterocycles. The first-order chi connectivity index (χ1) is 12.4. The Morgan fingerprint density at radius 2 is 2.31 bits per heavy atom. The van der Waals surface area contributed by atoms with Crippen molar-refractivity contribution >= 4 is 6.47 Å². The highest BCUT2D eigenvalue weighted by Gasteiger charge is 2.42. The van der Waals surface area contributed by atoms with Gasteiger partial charge in [0.15, 0.2) is 0 Å². The number of piperidine rings is 1. The Morgan fingerprint density at radius 1 is 1.58 bits per heavy atom. The first kappa shape index (κ1) is 21.9. The van der Waals surface area contributed by atoms with Crippen molar-refractivity contribution in [2.45, 2.75) is 25.7 Å². The fourth-order valence-electron chi connectivity index (χ4n) is 3.17. The minimum atomic E-state index is -0.0369. The van der Waals surface area contributed by atoms with Crippen LogP contribution in [-0.4, -0.2) is 49.8 Å². The summed E-state index contributed by atoms with van der Waals surface area (Å²) in [4.78, 5) is 12.1. The monoisotopic (exact) mass is 361 g/mol. The summed E-state index contributed by atoms with van der Waals surface area (Å²) in [7, 11) is 2.14. The molecule has 1 aromatic rings. The standard InChI is InChI=1S/C12H21N3O.C8H10O2/c1-9-4-5-15(3)8-12(9,7-13)11-6-10(2)16-14-11;1-3-5-8(4-2)6-10-7-9/h6,9H,4-5,7-8,13H2,1-3H3;3-5,7H,1-2,6H2/b;8-5+. The second-order valence-corrected chi connectivity index (χ2v) is 6.70. The predicted octanol–water partition coefficient (Wildman–Crippen LogP) is 2.61. The Labute approximate surface area is 156 Å². The van der Waals surface area contributed by atoms with E-state index in [2.05, 4.69) is 41.9 Å². The number of allylic oxidation sites excluding steroid dienone is 2. The zero-order valence-corrected chi connectivity index (χ0v) is 16.1. The van der Waals surface area contributed by atoms with Crippen molar-refractivity contribution in [3.8, 4) is 0 Å². The molecule has 2 heterocycles. The van der Waals surface area contributed by atoms with Crippen LogP contribution in [0.3, 0.4) is 0 Å². The molecule has 2 unspecified atom stereocenters. The molecule has 1 saturated heterocycles. The Bertz CT molecular complexity index is 624. The molecule has 2 N–H and O–H groups in total. The van der Waals surface area contributed by atoms with Crippen LogP contribution >= 0.6 is 0 Å². The maximum Gasteiger partial charge on any atom is 0.293 e. The fourth-order valence-corrected chi connectivity index (χ4v) is 3.17. The van der Waals surface area contributed by atoms with Crippen LogP contribution in [0.2, 0.25) is 0 Å². The average Bonchev–Trinajstić information content (AvgIpc) is 3.08. The van der Waals surface area contributed by atoms with E-state index in [-0.39, 0.29) is 12.0 Å². The highest BCUT2D eigenvalue weighted by Crippen LogP contribution is 2.37. The SMILES string of the molecule is C=C/C=C(\C=C)COC=O.Cc1cc(C2(CN)CN(C)CCC2C)no1. The van der Waals surface area contributed by atoms with Crippen molar-refractivity contribution < 1.29 is 14.1 Å². The van der Waals surface area contributed by atoms with E-state index in [1.165, 1.54) is 6.42 Å². The van der Waals surface area contributed by atoms with E-state index in [0.717, 1.165) is 30.1 Å². The van der Waals surface area contributed by atoms with Crippen LogP contribution < -0.4 is 5.73 Å². The molecular formula is C20H31N3O3. The third-order valence-corrected chi connectivity index (χ3v) is 4.85. The molecule has 6 nitrogen and oxygen atoms in total. The number of carbonyl (C=O) groups is 1. The van der Waals surface area contributed by atoms with Crippen molar-refractivity contribution in [2.24, 2.45) is 11.7 Å². The van der Waals surface area contributed by atoms with Gasteiger partial charge in [-0.1, -0.05) is 43.5 Å². The zero-order chi connectivity index (χ0) is 19.6. The third kappa shape index (κ3) is 5.68. The number of aryl methyl sites for hydroxylation is 1. The summed E-state index contributed by atoms with van der Waals surface area (Å²) < 4.78 is 9.68. The number of ether oxygens (including phenoxy) is 1. The summed E-state index contributed by atoms with van der Waals surface area (Å²) in [5.41, 5.74) is 7.84. The Balaban J connectivity index is 0.000000294. The van der Waals surface area contributed by atoms with Crippen LogP contribution in [0.25, 0.3) is 0 Å². The first-order valence-electron chi connectivity index (χ1n) is 8.75. The van der Waals surface area contributed by atoms with Gasteiger partial charge >= 0.3 is 0 Å². The van der Waals surface area contributed by atoms with Gasteiger partial charge < -0.3 is 19.9 Å². The molecule has 26 heavy (non-hydrogen) atoms. The van der Waals surface area contributed by atoms with Crippen LogP contribution in [-0.2, 0) is 14.9 Å². The normalized spacial score (nSPS) is 23.5. The van der Waals surface area contributed by atoms with Gasteiger partial charge in [0.1, 0.15) is 12.4 Å². The number of likely N-dealkylation sites (tertiary alicyclic amines) is 1. The number of likely N-dealkylation sites (N-methyl/N-ethyl adjacent to an activating group) is 1. The van der Waals surface area contributed by atoms with E-state index in [1.54, 1.807) is 18.2 Å². The molecule has 2 atom stereocenters. The molecule has 1 aromatic heterocycles. The Hall–Kier alpha value is -2.18. The van der Waals surface area contributed by atoms with Crippen molar-refractivity contribution in [1.29, 1.82) is 0 Å². The molecule has 6 heteroatoms. The van der Waals surface area contributed by atoms with Crippen LogP contribution in [0.5, 0.6) is 0 Å². The molecule has 144 valence electrons. The largest absolute Gasteiger partial charge is 0.463 e. The summed E-state index contributed by atoms with van der Waals surface area (Å²) in [6.07, 6.45) is 6.13. The lowest BCUT2D eigenvalue weighted by Crippen LogP contribution is -2.54. The van der Waals surface area contributed by atoms with Crippen molar-refractivity contribution in [3.63, 3.8) is 0 Å². The quantitative estimate of drug-likeness (QED) is 0.594. The summed E-state index contributed by atoms with van der Waals surface area (Å²) in [6, 6.07) is 2.03. The second kappa shape index (κ2) is 10.7. The lowest BCUT2D eigenvalue weighted by molar-refractivity contribution is -0.127. The van der Waals surface area contributed by atoms with Gasteiger partial charge in [-0.25, -0.2) is 0 Å². The van der Waals surface area contributed by atoms with Gasteiger partial charge in [0.05, 0.1) is 5.69 Å². The van der Waals surface area contributed by atoms with E-state index in [4.69, 9.17) is 10.3 Å². The lowest BCUT2D eigenvalue weighted by atomic mass is 9.69. The van der Waals surface area contributed by atoms with Gasteiger partial charge in [-0.2, -0.15) is 0 Å². The van der Waals surface area contributed by atoms with E-state index in [1.807, 2.05) is 13.0 Å². The second-order valence-electron chi connectivity index (χ2n) is 6.70. The van der Waals surface area contributed by atoms with Crippen LogP contribution in [0.1, 0.15) is 24.8 Å². The summed E-state index contributed by atoms with van der Waals surface area (Å²) >= 11 is 0. The number of aromatic nitrogens is 1. The van der Waals surface area contributed by atoms with Gasteiger partial charge in [0.25, 0.3) is 6.47 Å². The summed E-state index contributed by atoms with van der Waals surface area (Å²) in [5.74, 6) is 1.42. The number of nitrogens with zero attached hydrogens (tertiary/aromatic N) is 2. The molecular weight excluding hydrogens is 330 g/mol. The van der Waals surface area contributed by atoms with E-state index < -0.39 is 0 Å². The van der Waals surface area contributed by atoms with E-state index >= 15 is 0 Å². The van der Waals surface area contributed by atoms with Crippen molar-refractivity contribution in [2.75, 3.05) is 33.3 Å². The smallest absolute Gasteiger partial charge is 0.293 e. The molecule has 2 rings (SSSR count). The minimum Gasteiger partial charge on any atom is -0.463 e. The molecule has 0 amide bonds. The Kier molecular flexibility index (Phi) is 9.02. The highest BCUT2D eigenvalue weighted by molar-refractivity contribution is 5.38. The molecule has 1 fully saturated rings. The van der Waals surface area contributed by atoms with Crippen LogP contribution in [0, 0.1) is 12.8 Å². The van der Waals surface area contributed by atoms with Gasteiger partial charge in [-0.3, -0.25) is 4.79 Å². The zero-order valence-electron chi connectivity index (χ0n) is 16.1. The number of rotatable bonds is 7. The number of carbonyl (C=O) groups excluding carboxylic acids is 1. The van der Waals surface area contributed by atoms with Crippen molar-refractivity contribution in [1.82, 2.24) is 10.1 Å². The summed E-state index contributed by atoms with van der Waals surface area (Å²) in [6.45, 7) is 14.6. The summed E-state index contributed by atoms with van der Waals surface area (Å²) in [5, 5.41) is 4.19. The maximum absolute atomic E-state index is 9.72. The van der Waals surface area contributed by atoms with Gasteiger partial charge in [0, 0.05) is 24.6 Å². The van der Waals surface area contributed by atoms with Gasteiger partial charge in [0.2, 0.25) is 0 Å². The molecule has 0 aliphatic carbocycles. The molecule has 0 aromatic carbocycles. The number of hydrogen-bond acceptors (Lipinski definition) is 6. The average molecular weight is 361 g/mol. The molecule has 0 spiro atoms. The Morgan fingerprint density at radius 3 is 2.81 bits per heavy atom. The molecule has 0 saturated carbocycles. The topological polar surface area (TPSA) is 81.6 Å². The maximum atomic E-state index is 9.72. The number of nitrogens with two attached hydrogens (primary N) is 1. The lowest BCUT2D eigenvalue weighted by Gasteiger charge is -2.44. The predicted molar refractivity (Wildman–Crippen MR) is 104 cm³/mol. The van der Waals surface area contributed by atoms with E-state index in [9.17, 15) is 4.79 Å². The number of hydrogen-bond donors (Lipinski definition) is 1. The van der Waals surface area contributed by atoms with Gasteiger partial charge in [-0.05, 0) is 38.4 Å². The molecule has 0 bridgehead atoms. The minimum absolute atomic E-state index is 0.0369. The van der Waals surface area contributed by atoms with Crippen LogP contribution in [0.15, 0.2) is 47.5 Å². The van der Waals surface area contributed by atoms with Crippen molar-refractivity contribution in [3.05, 3.63) is 54.5 Å². The first-order valence-corrected chi connectivity index (χ1v) is 8.75. The molecule has 1 aliphatic rings. The van der Waals surface area contributed by atoms with E-state index in [0.29, 0.717) is 18.9 Å². The van der Waals surface area contributed by atoms with Gasteiger partial charge in [-0.15, -0.1) is 0 Å². The highest BCUT2D eigenvalue weighted by atomic mass is 16.5.